The van der Waals surface area contributed by atoms with Crippen molar-refractivity contribution < 1.29 is 14.3 Å². The van der Waals surface area contributed by atoms with Gasteiger partial charge in [0, 0.05) is 53.3 Å². The summed E-state index contributed by atoms with van der Waals surface area (Å²) in [5, 5.41) is 0. The maximum atomic E-state index is 12.2. The van der Waals surface area contributed by atoms with E-state index in [1.165, 1.54) is 0 Å². The molecule has 108 valence electrons. The lowest BCUT2D eigenvalue weighted by Crippen LogP contribution is -2.39. The van der Waals surface area contributed by atoms with Crippen molar-refractivity contribution >= 4 is 11.8 Å². The van der Waals surface area contributed by atoms with E-state index in [9.17, 15) is 9.59 Å². The van der Waals surface area contributed by atoms with Gasteiger partial charge in [-0.25, -0.2) is 0 Å². The zero-order valence-electron chi connectivity index (χ0n) is 12.0. The van der Waals surface area contributed by atoms with Crippen LogP contribution in [0.4, 0.5) is 0 Å². The van der Waals surface area contributed by atoms with Gasteiger partial charge in [0.2, 0.25) is 11.8 Å². The Hall–Kier alpha value is -1.14. The van der Waals surface area contributed by atoms with Gasteiger partial charge < -0.3 is 14.5 Å². The molecule has 2 aliphatic heterocycles. The van der Waals surface area contributed by atoms with Gasteiger partial charge >= 0.3 is 0 Å². The second-order valence-corrected chi connectivity index (χ2v) is 5.63. The zero-order chi connectivity index (χ0) is 14.0. The molecule has 0 bridgehead atoms. The fourth-order valence-corrected chi connectivity index (χ4v) is 2.90. The molecule has 0 aromatic carbocycles. The molecule has 0 spiro atoms. The molecule has 2 heterocycles. The molecule has 2 fully saturated rings. The first-order chi connectivity index (χ1) is 9.02. The normalized spacial score (nSPS) is 26.9. The Morgan fingerprint density at radius 3 is 2.68 bits per heavy atom. The molecule has 0 unspecified atom stereocenters. The number of amides is 2. The molecule has 6 heteroatoms. The first-order valence-corrected chi connectivity index (χ1v) is 6.73. The van der Waals surface area contributed by atoms with Gasteiger partial charge in [0.25, 0.3) is 0 Å². The molecular formula is C13H23N3O3. The Morgan fingerprint density at radius 1 is 1.37 bits per heavy atom. The third-order valence-electron chi connectivity index (χ3n) is 4.02. The minimum Gasteiger partial charge on any atom is -0.383 e. The molecule has 0 saturated carbocycles. The minimum atomic E-state index is 0.0758. The fraction of sp³-hybridized carbons (Fsp3) is 0.846. The molecule has 19 heavy (non-hydrogen) atoms. The molecule has 0 radical (unpaired) electrons. The predicted molar refractivity (Wildman–Crippen MR) is 70.6 cm³/mol. The number of likely N-dealkylation sites (N-methyl/N-ethyl adjacent to an activating group) is 1. The van der Waals surface area contributed by atoms with Crippen molar-refractivity contribution in [3.8, 4) is 0 Å². The lowest BCUT2D eigenvalue weighted by molar-refractivity contribution is -0.133. The lowest BCUT2D eigenvalue weighted by atomic mass is 10.0. The van der Waals surface area contributed by atoms with Crippen LogP contribution in [-0.4, -0.2) is 87.0 Å². The van der Waals surface area contributed by atoms with E-state index in [-0.39, 0.29) is 17.7 Å². The van der Waals surface area contributed by atoms with Crippen LogP contribution in [0.2, 0.25) is 0 Å². The van der Waals surface area contributed by atoms with Crippen molar-refractivity contribution in [2.45, 2.75) is 0 Å². The van der Waals surface area contributed by atoms with Gasteiger partial charge in [0.1, 0.15) is 0 Å². The number of carbonyl (C=O) groups excluding carboxylic acids is 2. The summed E-state index contributed by atoms with van der Waals surface area (Å²) in [5.41, 5.74) is 0. The first kappa shape index (κ1) is 14.3. The molecule has 0 aliphatic carbocycles. The summed E-state index contributed by atoms with van der Waals surface area (Å²) in [6.07, 6.45) is 0. The van der Waals surface area contributed by atoms with Crippen LogP contribution in [0, 0.1) is 11.8 Å². The Labute approximate surface area is 114 Å². The Morgan fingerprint density at radius 2 is 2.11 bits per heavy atom. The van der Waals surface area contributed by atoms with Crippen LogP contribution in [0.1, 0.15) is 0 Å². The number of likely N-dealkylation sites (tertiary alicyclic amines) is 2. The van der Waals surface area contributed by atoms with Gasteiger partial charge in [0.15, 0.2) is 0 Å². The van der Waals surface area contributed by atoms with E-state index < -0.39 is 0 Å². The van der Waals surface area contributed by atoms with Crippen molar-refractivity contribution in [1.29, 1.82) is 0 Å². The first-order valence-electron chi connectivity index (χ1n) is 6.73. The lowest BCUT2D eigenvalue weighted by Gasteiger charge is -2.22. The number of fused-ring (bicyclic) bond motifs is 1. The van der Waals surface area contributed by atoms with Gasteiger partial charge in [0.05, 0.1) is 19.1 Å². The molecule has 6 nitrogen and oxygen atoms in total. The molecule has 2 saturated heterocycles. The number of carbonyl (C=O) groups is 2. The average Bonchev–Trinajstić information content (AvgIpc) is 2.87. The summed E-state index contributed by atoms with van der Waals surface area (Å²) in [7, 11) is 5.17. The molecular weight excluding hydrogens is 246 g/mol. The van der Waals surface area contributed by atoms with Crippen molar-refractivity contribution in [3.05, 3.63) is 0 Å². The van der Waals surface area contributed by atoms with Gasteiger partial charge in [-0.15, -0.1) is 0 Å². The number of hydrogen-bond acceptors (Lipinski definition) is 4. The van der Waals surface area contributed by atoms with Crippen molar-refractivity contribution in [2.24, 2.45) is 11.8 Å². The van der Waals surface area contributed by atoms with Crippen LogP contribution in [0.15, 0.2) is 0 Å². The van der Waals surface area contributed by atoms with Gasteiger partial charge in [-0.3, -0.25) is 14.5 Å². The van der Waals surface area contributed by atoms with E-state index in [4.69, 9.17) is 4.74 Å². The minimum absolute atomic E-state index is 0.0758. The maximum absolute atomic E-state index is 12.2. The topological polar surface area (TPSA) is 53.1 Å². The highest BCUT2D eigenvalue weighted by Crippen LogP contribution is 2.31. The van der Waals surface area contributed by atoms with E-state index in [2.05, 4.69) is 4.90 Å². The summed E-state index contributed by atoms with van der Waals surface area (Å²) < 4.78 is 5.02. The highest BCUT2D eigenvalue weighted by Gasteiger charge is 2.46. The summed E-state index contributed by atoms with van der Waals surface area (Å²) in [5.74, 6) is 0.775. The predicted octanol–water partition coefficient (Wildman–Crippen LogP) is -0.889. The maximum Gasteiger partial charge on any atom is 0.236 e. The monoisotopic (exact) mass is 269 g/mol. The van der Waals surface area contributed by atoms with E-state index in [0.717, 1.165) is 13.1 Å². The van der Waals surface area contributed by atoms with Crippen LogP contribution < -0.4 is 0 Å². The summed E-state index contributed by atoms with van der Waals surface area (Å²) >= 11 is 0. The standard InChI is InChI=1S/C13H23N3O3/c1-14(2)12(17)9-15-6-10-7-16(4-5-19-3)13(18)11(10)8-15/h10-11H,4-9H2,1-3H3/t10-,11-/m1/s1. The van der Waals surface area contributed by atoms with Crippen molar-refractivity contribution in [1.82, 2.24) is 14.7 Å². The van der Waals surface area contributed by atoms with Crippen LogP contribution in [-0.2, 0) is 14.3 Å². The highest BCUT2D eigenvalue weighted by atomic mass is 16.5. The quantitative estimate of drug-likeness (QED) is 0.650. The molecule has 2 atom stereocenters. The third kappa shape index (κ3) is 3.06. The van der Waals surface area contributed by atoms with E-state index in [1.54, 1.807) is 26.1 Å². The third-order valence-corrected chi connectivity index (χ3v) is 4.02. The second kappa shape index (κ2) is 5.88. The number of ether oxygens (including phenoxy) is 1. The van der Waals surface area contributed by atoms with Crippen molar-refractivity contribution in [2.75, 3.05) is 60.5 Å². The number of methoxy groups -OCH3 is 1. The smallest absolute Gasteiger partial charge is 0.236 e. The zero-order valence-corrected chi connectivity index (χ0v) is 12.0. The number of hydrogen-bond donors (Lipinski definition) is 0. The van der Waals surface area contributed by atoms with Gasteiger partial charge in [-0.2, -0.15) is 0 Å². The fourth-order valence-electron chi connectivity index (χ4n) is 2.90. The largest absolute Gasteiger partial charge is 0.383 e. The van der Waals surface area contributed by atoms with E-state index in [0.29, 0.717) is 32.2 Å². The summed E-state index contributed by atoms with van der Waals surface area (Å²) in [4.78, 5) is 29.5. The van der Waals surface area contributed by atoms with Gasteiger partial charge in [-0.1, -0.05) is 0 Å². The van der Waals surface area contributed by atoms with E-state index in [1.807, 2.05) is 4.90 Å². The van der Waals surface area contributed by atoms with Crippen LogP contribution in [0.3, 0.4) is 0 Å². The highest BCUT2D eigenvalue weighted by molar-refractivity contribution is 5.82. The molecule has 2 amide bonds. The Kier molecular flexibility index (Phi) is 4.42. The molecule has 0 aromatic heterocycles. The second-order valence-electron chi connectivity index (χ2n) is 5.63. The SMILES string of the molecule is COCCN1C[C@H]2CN(CC(=O)N(C)C)C[C@H]2C1=O. The summed E-state index contributed by atoms with van der Waals surface area (Å²) in [6.45, 7) is 4.06. The Bertz CT molecular complexity index is 359. The van der Waals surface area contributed by atoms with Gasteiger partial charge in [-0.05, 0) is 0 Å². The van der Waals surface area contributed by atoms with E-state index >= 15 is 0 Å². The number of nitrogens with zero attached hydrogens (tertiary/aromatic N) is 3. The van der Waals surface area contributed by atoms with Crippen molar-refractivity contribution in [3.63, 3.8) is 0 Å². The molecule has 2 rings (SSSR count). The summed E-state index contributed by atoms with van der Waals surface area (Å²) in [6, 6.07) is 0. The molecule has 2 aliphatic rings. The van der Waals surface area contributed by atoms with Crippen LogP contribution in [0.25, 0.3) is 0 Å². The molecule has 0 aromatic rings. The number of rotatable bonds is 5. The van der Waals surface area contributed by atoms with Crippen LogP contribution >= 0.6 is 0 Å². The van der Waals surface area contributed by atoms with Crippen LogP contribution in [0.5, 0.6) is 0 Å². The molecule has 0 N–H and O–H groups in total. The average molecular weight is 269 g/mol. The Balaban J connectivity index is 1.85.